The Morgan fingerprint density at radius 1 is 1.12 bits per heavy atom. The van der Waals surface area contributed by atoms with Crippen LogP contribution in [0.25, 0.3) is 0 Å². The lowest BCUT2D eigenvalue weighted by Crippen LogP contribution is -2.44. The second-order valence-electron chi connectivity index (χ2n) is 3.45. The number of hydrogen-bond acceptors (Lipinski definition) is 6. The van der Waals surface area contributed by atoms with Gasteiger partial charge in [-0.3, -0.25) is 14.4 Å². The molecule has 0 aliphatic heterocycles. The van der Waals surface area contributed by atoms with Crippen LogP contribution in [0.4, 0.5) is 0 Å². The van der Waals surface area contributed by atoms with Crippen molar-refractivity contribution >= 4 is 17.5 Å². The molecule has 0 aliphatic carbocycles. The van der Waals surface area contributed by atoms with E-state index in [0.717, 1.165) is 0 Å². The summed E-state index contributed by atoms with van der Waals surface area (Å²) < 4.78 is 9.35. The molecule has 0 rings (SSSR count). The molecule has 0 unspecified atom stereocenters. The number of esters is 1. The Bertz CT molecular complexity index is 269. The fourth-order valence-corrected chi connectivity index (χ4v) is 1.06. The van der Waals surface area contributed by atoms with Crippen LogP contribution >= 0.6 is 0 Å². The number of Topliss-reactive ketones (excluding diaryl/α,β-unsaturated/α-hetero) is 2. The number of hydrogen-bond donors (Lipinski definition) is 1. The molecule has 0 heterocycles. The molecule has 16 heavy (non-hydrogen) atoms. The summed E-state index contributed by atoms with van der Waals surface area (Å²) in [4.78, 5) is 33.0. The van der Waals surface area contributed by atoms with Gasteiger partial charge in [-0.1, -0.05) is 0 Å². The molecule has 0 amide bonds. The number of carbonyl (C=O) groups excluding carboxylic acids is 3. The molecule has 0 spiro atoms. The second-order valence-corrected chi connectivity index (χ2v) is 3.45. The number of rotatable bonds is 7. The number of ether oxygens (including phenoxy) is 2. The highest BCUT2D eigenvalue weighted by atomic mass is 16.7. The van der Waals surface area contributed by atoms with E-state index in [1.165, 1.54) is 20.8 Å². The zero-order valence-corrected chi connectivity index (χ0v) is 9.61. The third-order valence-corrected chi connectivity index (χ3v) is 2.31. The van der Waals surface area contributed by atoms with Crippen molar-refractivity contribution in [2.24, 2.45) is 5.41 Å². The molecule has 0 saturated heterocycles. The van der Waals surface area contributed by atoms with Crippen LogP contribution in [0.1, 0.15) is 20.8 Å². The summed E-state index contributed by atoms with van der Waals surface area (Å²) in [5.41, 5.74) is -1.56. The quantitative estimate of drug-likeness (QED) is 0.280. The van der Waals surface area contributed by atoms with Crippen LogP contribution in [0.15, 0.2) is 0 Å². The van der Waals surface area contributed by atoms with E-state index >= 15 is 0 Å². The van der Waals surface area contributed by atoms with Gasteiger partial charge in [-0.2, -0.15) is 0 Å². The fourth-order valence-electron chi connectivity index (χ4n) is 1.06. The van der Waals surface area contributed by atoms with Crippen LogP contribution in [0.3, 0.4) is 0 Å². The minimum Gasteiger partial charge on any atom is -0.439 e. The summed E-state index contributed by atoms with van der Waals surface area (Å²) in [6.45, 7) is 2.33. The lowest BCUT2D eigenvalue weighted by atomic mass is 9.82. The zero-order chi connectivity index (χ0) is 12.8. The van der Waals surface area contributed by atoms with E-state index in [2.05, 4.69) is 4.74 Å². The molecule has 0 saturated carbocycles. The molecular formula is C10H16O6. The van der Waals surface area contributed by atoms with Gasteiger partial charge in [0.1, 0.15) is 17.0 Å². The third kappa shape index (κ3) is 3.71. The summed E-state index contributed by atoms with van der Waals surface area (Å²) in [5, 5.41) is 9.10. The van der Waals surface area contributed by atoms with Gasteiger partial charge < -0.3 is 14.6 Å². The van der Waals surface area contributed by atoms with Crippen LogP contribution in [0, 0.1) is 5.41 Å². The highest BCUT2D eigenvalue weighted by molar-refractivity contribution is 6.05. The van der Waals surface area contributed by atoms with E-state index in [1.54, 1.807) is 0 Å². The maximum Gasteiger partial charge on any atom is 0.304 e. The molecule has 6 heteroatoms. The van der Waals surface area contributed by atoms with Gasteiger partial charge in [-0.25, -0.2) is 0 Å². The lowest BCUT2D eigenvalue weighted by molar-refractivity contribution is -0.161. The minimum atomic E-state index is -1.56. The van der Waals surface area contributed by atoms with Crippen LogP contribution in [-0.2, 0) is 23.9 Å². The Morgan fingerprint density at radius 3 is 1.94 bits per heavy atom. The van der Waals surface area contributed by atoms with E-state index in [0.29, 0.717) is 0 Å². The summed E-state index contributed by atoms with van der Waals surface area (Å²) in [7, 11) is 0. The average Bonchev–Trinajstić information content (AvgIpc) is 2.16. The Labute approximate surface area is 93.5 Å². The Morgan fingerprint density at radius 2 is 1.62 bits per heavy atom. The highest BCUT2D eigenvalue weighted by Crippen LogP contribution is 2.20. The van der Waals surface area contributed by atoms with Crippen molar-refractivity contribution in [3.63, 3.8) is 0 Å². The van der Waals surface area contributed by atoms with Gasteiger partial charge in [0.15, 0.2) is 6.79 Å². The zero-order valence-electron chi connectivity index (χ0n) is 9.61. The van der Waals surface area contributed by atoms with Crippen molar-refractivity contribution in [3.8, 4) is 0 Å². The van der Waals surface area contributed by atoms with Crippen molar-refractivity contribution in [1.82, 2.24) is 0 Å². The number of aliphatic hydroxyl groups is 1. The van der Waals surface area contributed by atoms with E-state index in [4.69, 9.17) is 9.84 Å². The predicted octanol–water partition coefficient (Wildman–Crippen LogP) is -0.320. The standard InChI is InChI=1S/C10H16O6/c1-7(12)10(4-11,8(2)13)5-15-6-16-9(3)14/h11H,4-6H2,1-3H3. The predicted molar refractivity (Wildman–Crippen MR) is 53.5 cm³/mol. The molecule has 0 aliphatic rings. The number of carbonyl (C=O) groups is 3. The van der Waals surface area contributed by atoms with Gasteiger partial charge in [0.25, 0.3) is 0 Å². The molecule has 0 radical (unpaired) electrons. The lowest BCUT2D eigenvalue weighted by Gasteiger charge is -2.25. The van der Waals surface area contributed by atoms with E-state index in [-0.39, 0.29) is 13.4 Å². The van der Waals surface area contributed by atoms with Crippen LogP contribution < -0.4 is 0 Å². The van der Waals surface area contributed by atoms with Crippen LogP contribution in [0.2, 0.25) is 0 Å². The number of ketones is 2. The molecule has 0 aromatic heterocycles. The topological polar surface area (TPSA) is 89.9 Å². The van der Waals surface area contributed by atoms with E-state index in [9.17, 15) is 14.4 Å². The first kappa shape index (κ1) is 14.7. The molecular weight excluding hydrogens is 216 g/mol. The summed E-state index contributed by atoms with van der Waals surface area (Å²) in [6.07, 6.45) is 0. The molecule has 0 atom stereocenters. The van der Waals surface area contributed by atoms with Gasteiger partial charge >= 0.3 is 5.97 Å². The van der Waals surface area contributed by atoms with E-state index < -0.39 is 29.6 Å². The smallest absolute Gasteiger partial charge is 0.304 e. The number of aliphatic hydroxyl groups excluding tert-OH is 1. The largest absolute Gasteiger partial charge is 0.439 e. The van der Waals surface area contributed by atoms with Gasteiger partial charge in [0.05, 0.1) is 13.2 Å². The fraction of sp³-hybridized carbons (Fsp3) is 0.700. The molecule has 0 aromatic rings. The minimum absolute atomic E-state index is 0.304. The third-order valence-electron chi connectivity index (χ3n) is 2.31. The molecule has 0 aromatic carbocycles. The van der Waals surface area contributed by atoms with Crippen molar-refractivity contribution in [1.29, 1.82) is 0 Å². The maximum atomic E-state index is 11.3. The first-order chi connectivity index (χ1) is 7.36. The van der Waals surface area contributed by atoms with Gasteiger partial charge in [-0.05, 0) is 13.8 Å². The highest BCUT2D eigenvalue weighted by Gasteiger charge is 2.40. The van der Waals surface area contributed by atoms with Crippen molar-refractivity contribution in [3.05, 3.63) is 0 Å². The Balaban J connectivity index is 4.39. The second kappa shape index (κ2) is 6.34. The SMILES string of the molecule is CC(=O)OCOCC(CO)(C(C)=O)C(C)=O. The molecule has 0 bridgehead atoms. The van der Waals surface area contributed by atoms with Crippen LogP contribution in [0.5, 0.6) is 0 Å². The monoisotopic (exact) mass is 232 g/mol. The van der Waals surface area contributed by atoms with Crippen molar-refractivity contribution < 1.29 is 29.0 Å². The molecule has 6 nitrogen and oxygen atoms in total. The average molecular weight is 232 g/mol. The van der Waals surface area contributed by atoms with Gasteiger partial charge in [0.2, 0.25) is 0 Å². The molecule has 92 valence electrons. The van der Waals surface area contributed by atoms with Gasteiger partial charge in [-0.15, -0.1) is 0 Å². The van der Waals surface area contributed by atoms with Crippen molar-refractivity contribution in [2.75, 3.05) is 20.0 Å². The van der Waals surface area contributed by atoms with Gasteiger partial charge in [0, 0.05) is 6.92 Å². The maximum absolute atomic E-state index is 11.3. The summed E-state index contributed by atoms with van der Waals surface area (Å²) >= 11 is 0. The van der Waals surface area contributed by atoms with Crippen molar-refractivity contribution in [2.45, 2.75) is 20.8 Å². The molecule has 1 N–H and O–H groups in total. The van der Waals surface area contributed by atoms with E-state index in [1.807, 2.05) is 0 Å². The summed E-state index contributed by atoms with van der Waals surface area (Å²) in [6, 6.07) is 0. The first-order valence-electron chi connectivity index (χ1n) is 4.71. The molecule has 0 fully saturated rings. The summed E-state index contributed by atoms with van der Waals surface area (Å²) in [5.74, 6) is -1.49. The Kier molecular flexibility index (Phi) is 5.84. The Hall–Kier alpha value is -1.27. The first-order valence-corrected chi connectivity index (χ1v) is 4.71. The van der Waals surface area contributed by atoms with Crippen LogP contribution in [-0.4, -0.2) is 42.6 Å². The normalized spacial score (nSPS) is 11.0.